The number of aromatic nitrogens is 2. The molecule has 1 aromatic carbocycles. The first kappa shape index (κ1) is 17.8. The van der Waals surface area contributed by atoms with Gasteiger partial charge in [0.1, 0.15) is 17.4 Å². The zero-order valence-corrected chi connectivity index (χ0v) is 14.6. The topological polar surface area (TPSA) is 113 Å². The summed E-state index contributed by atoms with van der Waals surface area (Å²) < 4.78 is 6.13. The monoisotopic (exact) mass is 361 g/mol. The van der Waals surface area contributed by atoms with Crippen LogP contribution in [0, 0.1) is 25.2 Å². The van der Waals surface area contributed by atoms with Gasteiger partial charge in [-0.15, -0.1) is 0 Å². The summed E-state index contributed by atoms with van der Waals surface area (Å²) in [6, 6.07) is 12.3. The quantitative estimate of drug-likeness (QED) is 0.564. The average Bonchev–Trinajstić information content (AvgIpc) is 3.15. The molecular weight excluding hydrogens is 346 g/mol. The molecule has 3 aromatic rings. The lowest BCUT2D eigenvalue weighted by atomic mass is 10.1. The Morgan fingerprint density at radius 1 is 1.33 bits per heavy atom. The zero-order chi connectivity index (χ0) is 19.4. The third-order valence-corrected chi connectivity index (χ3v) is 3.81. The molecule has 0 saturated carbocycles. The highest BCUT2D eigenvalue weighted by Crippen LogP contribution is 2.12. The summed E-state index contributed by atoms with van der Waals surface area (Å²) in [4.78, 5) is 25.1. The molecule has 0 spiro atoms. The first-order valence-electron chi connectivity index (χ1n) is 7.99. The Labute approximate surface area is 154 Å². The van der Waals surface area contributed by atoms with Gasteiger partial charge in [-0.1, -0.05) is 12.1 Å². The minimum atomic E-state index is -0.645. The van der Waals surface area contributed by atoms with Gasteiger partial charge < -0.3 is 4.42 Å². The molecule has 27 heavy (non-hydrogen) atoms. The van der Waals surface area contributed by atoms with E-state index in [9.17, 15) is 14.9 Å². The third-order valence-electron chi connectivity index (χ3n) is 3.81. The van der Waals surface area contributed by atoms with Crippen LogP contribution >= 0.6 is 0 Å². The molecule has 0 fully saturated rings. The predicted molar refractivity (Wildman–Crippen MR) is 97.8 cm³/mol. The molecular formula is C19H15N5O3. The van der Waals surface area contributed by atoms with Gasteiger partial charge in [-0.05, 0) is 43.7 Å². The van der Waals surface area contributed by atoms with Crippen molar-refractivity contribution in [2.45, 2.75) is 13.8 Å². The zero-order valence-electron chi connectivity index (χ0n) is 14.6. The minimum absolute atomic E-state index is 0.0655. The van der Waals surface area contributed by atoms with Crippen LogP contribution in [0.4, 0.5) is 0 Å². The highest BCUT2D eigenvalue weighted by Gasteiger charge is 2.20. The van der Waals surface area contributed by atoms with Crippen LogP contribution in [-0.2, 0) is 0 Å². The number of furan rings is 1. The Bertz CT molecular complexity index is 1120. The van der Waals surface area contributed by atoms with E-state index in [4.69, 9.17) is 4.42 Å². The maximum atomic E-state index is 12.6. The van der Waals surface area contributed by atoms with Crippen LogP contribution in [0.15, 0.2) is 57.0 Å². The maximum Gasteiger partial charge on any atom is 0.292 e. The largest absolute Gasteiger partial charge is 0.463 e. The van der Waals surface area contributed by atoms with Crippen molar-refractivity contribution < 1.29 is 9.21 Å². The van der Waals surface area contributed by atoms with Gasteiger partial charge in [0.15, 0.2) is 5.69 Å². The van der Waals surface area contributed by atoms with E-state index in [1.165, 1.54) is 19.4 Å². The molecule has 8 heteroatoms. The lowest BCUT2D eigenvalue weighted by Gasteiger charge is -2.11. The summed E-state index contributed by atoms with van der Waals surface area (Å²) >= 11 is 0. The van der Waals surface area contributed by atoms with Crippen LogP contribution in [0.2, 0.25) is 0 Å². The van der Waals surface area contributed by atoms with E-state index in [2.05, 4.69) is 15.6 Å². The van der Waals surface area contributed by atoms with Gasteiger partial charge in [-0.3, -0.25) is 9.59 Å². The van der Waals surface area contributed by atoms with E-state index in [-0.39, 0.29) is 16.8 Å². The summed E-state index contributed by atoms with van der Waals surface area (Å²) in [6.45, 7) is 3.36. The van der Waals surface area contributed by atoms with E-state index < -0.39 is 11.5 Å². The van der Waals surface area contributed by atoms with Gasteiger partial charge in [0, 0.05) is 5.56 Å². The second kappa shape index (κ2) is 7.49. The number of hydrogen-bond acceptors (Lipinski definition) is 6. The predicted octanol–water partition coefficient (Wildman–Crippen LogP) is 2.08. The average molecular weight is 361 g/mol. The number of hydrazone groups is 1. The fourth-order valence-electron chi connectivity index (χ4n) is 2.46. The molecule has 8 nitrogen and oxygen atoms in total. The van der Waals surface area contributed by atoms with Crippen molar-refractivity contribution in [3.05, 3.63) is 81.2 Å². The Balaban J connectivity index is 2.02. The maximum absolute atomic E-state index is 12.6. The van der Waals surface area contributed by atoms with Crippen molar-refractivity contribution in [2.75, 3.05) is 0 Å². The number of nitriles is 1. The van der Waals surface area contributed by atoms with Crippen molar-refractivity contribution in [3.8, 4) is 11.8 Å². The van der Waals surface area contributed by atoms with Crippen molar-refractivity contribution >= 4 is 12.1 Å². The second-order valence-electron chi connectivity index (χ2n) is 5.73. The van der Waals surface area contributed by atoms with Gasteiger partial charge in [0.05, 0.1) is 18.2 Å². The Kier molecular flexibility index (Phi) is 4.95. The van der Waals surface area contributed by atoms with Gasteiger partial charge in [-0.25, -0.2) is 5.43 Å². The van der Waals surface area contributed by atoms with Crippen molar-refractivity contribution in [2.24, 2.45) is 5.10 Å². The van der Waals surface area contributed by atoms with Gasteiger partial charge >= 0.3 is 0 Å². The molecule has 1 N–H and O–H groups in total. The molecule has 0 saturated heterocycles. The smallest absolute Gasteiger partial charge is 0.292 e. The summed E-state index contributed by atoms with van der Waals surface area (Å²) in [5.74, 6) is -0.185. The third kappa shape index (κ3) is 3.67. The van der Waals surface area contributed by atoms with Crippen LogP contribution in [0.25, 0.3) is 5.69 Å². The minimum Gasteiger partial charge on any atom is -0.463 e. The number of aryl methyl sites for hydroxylation is 1. The number of carbonyl (C=O) groups is 1. The molecule has 0 aliphatic carbocycles. The standard InChI is InChI=1S/C19H15N5O3/c1-12-5-3-6-14(9-12)24-19(26)16(10-20)13(2)17(23-24)18(25)22-21-11-15-7-4-8-27-15/h3-9,11H,1-2H3,(H,22,25)/b21-11+. The second-order valence-corrected chi connectivity index (χ2v) is 5.73. The fourth-order valence-corrected chi connectivity index (χ4v) is 2.46. The lowest BCUT2D eigenvalue weighted by Crippen LogP contribution is -2.31. The highest BCUT2D eigenvalue weighted by atomic mass is 16.3. The molecule has 0 aliphatic rings. The SMILES string of the molecule is Cc1cccc(-n2nc(C(=O)N/N=C/c3ccco3)c(C)c(C#N)c2=O)c1. The van der Waals surface area contributed by atoms with E-state index in [1.807, 2.05) is 19.1 Å². The van der Waals surface area contributed by atoms with Gasteiger partial charge in [0.2, 0.25) is 0 Å². The van der Waals surface area contributed by atoms with E-state index >= 15 is 0 Å². The molecule has 0 unspecified atom stereocenters. The fraction of sp³-hybridized carbons (Fsp3) is 0.105. The highest BCUT2D eigenvalue weighted by molar-refractivity contribution is 5.94. The summed E-state index contributed by atoms with van der Waals surface area (Å²) in [7, 11) is 0. The van der Waals surface area contributed by atoms with Gasteiger partial charge in [0.25, 0.3) is 11.5 Å². The molecule has 0 atom stereocenters. The normalized spacial score (nSPS) is 10.7. The molecule has 3 rings (SSSR count). The Morgan fingerprint density at radius 2 is 2.15 bits per heavy atom. The molecule has 0 radical (unpaired) electrons. The van der Waals surface area contributed by atoms with Crippen LogP contribution in [-0.4, -0.2) is 21.9 Å². The number of benzene rings is 1. The Morgan fingerprint density at radius 3 is 2.81 bits per heavy atom. The molecule has 2 heterocycles. The lowest BCUT2D eigenvalue weighted by molar-refractivity contribution is 0.0947. The number of nitrogens with one attached hydrogen (secondary N) is 1. The van der Waals surface area contributed by atoms with Crippen molar-refractivity contribution in [1.82, 2.24) is 15.2 Å². The number of amides is 1. The number of carbonyl (C=O) groups excluding carboxylic acids is 1. The summed E-state index contributed by atoms with van der Waals surface area (Å²) in [6.07, 6.45) is 2.81. The van der Waals surface area contributed by atoms with Crippen LogP contribution < -0.4 is 11.0 Å². The van der Waals surface area contributed by atoms with E-state index in [0.29, 0.717) is 11.4 Å². The first-order valence-corrected chi connectivity index (χ1v) is 7.99. The molecule has 1 amide bonds. The van der Waals surface area contributed by atoms with E-state index in [0.717, 1.165) is 10.2 Å². The summed E-state index contributed by atoms with van der Waals surface area (Å²) in [5, 5.41) is 17.3. The Hall–Kier alpha value is -3.99. The van der Waals surface area contributed by atoms with Crippen LogP contribution in [0.1, 0.15) is 32.9 Å². The van der Waals surface area contributed by atoms with Gasteiger partial charge in [-0.2, -0.15) is 20.1 Å². The number of rotatable bonds is 4. The van der Waals surface area contributed by atoms with Crippen LogP contribution in [0.3, 0.4) is 0 Å². The molecule has 0 bridgehead atoms. The van der Waals surface area contributed by atoms with Crippen LogP contribution in [0.5, 0.6) is 0 Å². The summed E-state index contributed by atoms with van der Waals surface area (Å²) in [5.41, 5.74) is 3.09. The van der Waals surface area contributed by atoms with E-state index in [1.54, 1.807) is 30.3 Å². The van der Waals surface area contributed by atoms with Crippen molar-refractivity contribution in [1.29, 1.82) is 5.26 Å². The molecule has 134 valence electrons. The number of nitrogens with zero attached hydrogens (tertiary/aromatic N) is 4. The first-order chi connectivity index (χ1) is 13.0. The van der Waals surface area contributed by atoms with Crippen molar-refractivity contribution in [3.63, 3.8) is 0 Å². The molecule has 2 aromatic heterocycles. The number of hydrogen-bond donors (Lipinski definition) is 1. The molecule has 0 aliphatic heterocycles.